The Morgan fingerprint density at radius 3 is 1.77 bits per heavy atom. The average molecular weight is 180 g/mol. The molecule has 0 aliphatic carbocycles. The largest absolute Gasteiger partial charge is 0.393 e. The molecule has 0 bridgehead atoms. The van der Waals surface area contributed by atoms with E-state index >= 15 is 0 Å². The molecule has 0 aliphatic rings. The first-order valence-corrected chi connectivity index (χ1v) is 4.54. The molecule has 1 aromatic rings. The Morgan fingerprint density at radius 1 is 0.923 bits per heavy atom. The fraction of sp³-hybridized carbons (Fsp3) is 0.455. The van der Waals surface area contributed by atoms with Gasteiger partial charge in [-0.05, 0) is 19.4 Å². The van der Waals surface area contributed by atoms with E-state index in [2.05, 4.69) is 0 Å². The third-order valence-electron chi connectivity index (χ3n) is 2.22. The molecular formula is C11H16O2. The molecule has 0 saturated carbocycles. The summed E-state index contributed by atoms with van der Waals surface area (Å²) in [4.78, 5) is 0. The van der Waals surface area contributed by atoms with E-state index in [4.69, 9.17) is 0 Å². The minimum Gasteiger partial charge on any atom is -0.393 e. The normalized spacial score (nSPS) is 17.8. The molecule has 3 atom stereocenters. The van der Waals surface area contributed by atoms with E-state index in [1.807, 2.05) is 30.3 Å². The van der Waals surface area contributed by atoms with E-state index in [-0.39, 0.29) is 5.92 Å². The van der Waals surface area contributed by atoms with Crippen molar-refractivity contribution in [2.24, 2.45) is 0 Å². The van der Waals surface area contributed by atoms with Gasteiger partial charge in [0.1, 0.15) is 0 Å². The lowest BCUT2D eigenvalue weighted by molar-refractivity contribution is 0.0730. The van der Waals surface area contributed by atoms with Crippen LogP contribution in [0.15, 0.2) is 30.3 Å². The summed E-state index contributed by atoms with van der Waals surface area (Å²) >= 11 is 0. The second-order valence-corrected chi connectivity index (χ2v) is 3.42. The van der Waals surface area contributed by atoms with E-state index in [1.165, 1.54) is 0 Å². The smallest absolute Gasteiger partial charge is 0.0605 e. The van der Waals surface area contributed by atoms with Crippen LogP contribution < -0.4 is 0 Å². The Morgan fingerprint density at radius 2 is 1.38 bits per heavy atom. The number of rotatable bonds is 3. The monoisotopic (exact) mass is 180 g/mol. The van der Waals surface area contributed by atoms with Gasteiger partial charge in [0.2, 0.25) is 0 Å². The van der Waals surface area contributed by atoms with Crippen LogP contribution in [-0.4, -0.2) is 22.4 Å². The summed E-state index contributed by atoms with van der Waals surface area (Å²) in [6, 6.07) is 9.58. The highest BCUT2D eigenvalue weighted by atomic mass is 16.3. The summed E-state index contributed by atoms with van der Waals surface area (Å²) in [6.45, 7) is 3.40. The third kappa shape index (κ3) is 2.54. The molecule has 2 heteroatoms. The molecule has 2 unspecified atom stereocenters. The van der Waals surface area contributed by atoms with Crippen LogP contribution in [0.2, 0.25) is 0 Å². The van der Waals surface area contributed by atoms with Crippen LogP contribution in [0.3, 0.4) is 0 Å². The summed E-state index contributed by atoms with van der Waals surface area (Å²) in [5.41, 5.74) is 0.979. The lowest BCUT2D eigenvalue weighted by atomic mass is 9.90. The summed E-state index contributed by atoms with van der Waals surface area (Å²) in [5, 5.41) is 19.0. The first-order chi connectivity index (χ1) is 6.13. The van der Waals surface area contributed by atoms with E-state index in [0.29, 0.717) is 0 Å². The van der Waals surface area contributed by atoms with Crippen LogP contribution >= 0.6 is 0 Å². The second kappa shape index (κ2) is 4.40. The lowest BCUT2D eigenvalue weighted by Gasteiger charge is -2.22. The van der Waals surface area contributed by atoms with Gasteiger partial charge in [-0.2, -0.15) is 0 Å². The van der Waals surface area contributed by atoms with Gasteiger partial charge < -0.3 is 10.2 Å². The predicted octanol–water partition coefficient (Wildman–Crippen LogP) is 1.53. The molecular weight excluding hydrogens is 164 g/mol. The molecule has 72 valence electrons. The topological polar surface area (TPSA) is 40.5 Å². The van der Waals surface area contributed by atoms with Crippen molar-refractivity contribution in [1.29, 1.82) is 0 Å². The number of benzene rings is 1. The predicted molar refractivity (Wildman–Crippen MR) is 52.5 cm³/mol. The molecule has 2 nitrogen and oxygen atoms in total. The zero-order valence-electron chi connectivity index (χ0n) is 8.01. The Bertz CT molecular complexity index is 234. The van der Waals surface area contributed by atoms with Crippen molar-refractivity contribution in [1.82, 2.24) is 0 Å². The Balaban J connectivity index is 2.89. The Kier molecular flexibility index (Phi) is 3.46. The van der Waals surface area contributed by atoms with Crippen LogP contribution in [-0.2, 0) is 0 Å². The van der Waals surface area contributed by atoms with E-state index in [0.717, 1.165) is 5.56 Å². The van der Waals surface area contributed by atoms with Gasteiger partial charge in [0.05, 0.1) is 12.2 Å². The fourth-order valence-corrected chi connectivity index (χ4v) is 1.64. The van der Waals surface area contributed by atoms with Crippen molar-refractivity contribution in [3.8, 4) is 0 Å². The Hall–Kier alpha value is -0.860. The summed E-state index contributed by atoms with van der Waals surface area (Å²) in [5.74, 6) is -0.193. The van der Waals surface area contributed by atoms with Crippen molar-refractivity contribution in [2.45, 2.75) is 32.0 Å². The minimum absolute atomic E-state index is 0.193. The van der Waals surface area contributed by atoms with Crippen LogP contribution in [0.25, 0.3) is 0 Å². The van der Waals surface area contributed by atoms with Crippen molar-refractivity contribution in [2.75, 3.05) is 0 Å². The highest BCUT2D eigenvalue weighted by molar-refractivity contribution is 5.21. The summed E-state index contributed by atoms with van der Waals surface area (Å²) in [6.07, 6.45) is -1.05. The van der Waals surface area contributed by atoms with E-state index in [1.54, 1.807) is 13.8 Å². The molecule has 13 heavy (non-hydrogen) atoms. The van der Waals surface area contributed by atoms with Crippen molar-refractivity contribution in [3.05, 3.63) is 35.9 Å². The molecule has 0 radical (unpaired) electrons. The van der Waals surface area contributed by atoms with Crippen LogP contribution in [0.5, 0.6) is 0 Å². The third-order valence-corrected chi connectivity index (χ3v) is 2.22. The molecule has 0 aliphatic heterocycles. The highest BCUT2D eigenvalue weighted by Gasteiger charge is 2.21. The Labute approximate surface area is 78.8 Å². The molecule has 2 N–H and O–H groups in total. The van der Waals surface area contributed by atoms with Gasteiger partial charge in [-0.25, -0.2) is 0 Å². The maximum absolute atomic E-state index is 9.48. The van der Waals surface area contributed by atoms with Gasteiger partial charge in [-0.1, -0.05) is 30.3 Å². The van der Waals surface area contributed by atoms with Gasteiger partial charge in [-0.3, -0.25) is 0 Å². The fourth-order valence-electron chi connectivity index (χ4n) is 1.64. The van der Waals surface area contributed by atoms with E-state index < -0.39 is 12.2 Å². The number of aliphatic hydroxyl groups excluding tert-OH is 2. The molecule has 1 aromatic carbocycles. The average Bonchev–Trinajstić information content (AvgIpc) is 2.04. The maximum atomic E-state index is 9.48. The molecule has 0 heterocycles. The van der Waals surface area contributed by atoms with Gasteiger partial charge >= 0.3 is 0 Å². The molecule has 0 amide bonds. The van der Waals surface area contributed by atoms with Crippen LogP contribution in [0.1, 0.15) is 25.3 Å². The van der Waals surface area contributed by atoms with Gasteiger partial charge in [0.25, 0.3) is 0 Å². The lowest BCUT2D eigenvalue weighted by Crippen LogP contribution is -2.25. The quantitative estimate of drug-likeness (QED) is 0.740. The zero-order valence-corrected chi connectivity index (χ0v) is 8.01. The number of hydrogen-bond donors (Lipinski definition) is 2. The van der Waals surface area contributed by atoms with Gasteiger partial charge in [0.15, 0.2) is 0 Å². The van der Waals surface area contributed by atoms with Crippen molar-refractivity contribution < 1.29 is 10.2 Å². The number of aliphatic hydroxyl groups is 2. The van der Waals surface area contributed by atoms with Crippen LogP contribution in [0, 0.1) is 0 Å². The standard InChI is InChI=1S/C11H16O2/c1-8(12)11(9(2)13)10-6-4-3-5-7-10/h3-9,11-13H,1-2H3/t8-,9?,11?/m1/s1. The minimum atomic E-state index is -0.526. The van der Waals surface area contributed by atoms with E-state index in [9.17, 15) is 10.2 Å². The molecule has 1 rings (SSSR count). The van der Waals surface area contributed by atoms with Crippen molar-refractivity contribution >= 4 is 0 Å². The van der Waals surface area contributed by atoms with Crippen LogP contribution in [0.4, 0.5) is 0 Å². The second-order valence-electron chi connectivity index (χ2n) is 3.42. The first kappa shape index (κ1) is 10.2. The van der Waals surface area contributed by atoms with Gasteiger partial charge in [-0.15, -0.1) is 0 Å². The summed E-state index contributed by atoms with van der Waals surface area (Å²) < 4.78 is 0. The molecule has 0 saturated heterocycles. The number of hydrogen-bond acceptors (Lipinski definition) is 2. The maximum Gasteiger partial charge on any atom is 0.0605 e. The highest BCUT2D eigenvalue weighted by Crippen LogP contribution is 2.23. The van der Waals surface area contributed by atoms with Gasteiger partial charge in [0, 0.05) is 5.92 Å². The zero-order chi connectivity index (χ0) is 9.84. The van der Waals surface area contributed by atoms with Crippen molar-refractivity contribution in [3.63, 3.8) is 0 Å². The molecule has 0 aromatic heterocycles. The SMILES string of the molecule is CC(O)C(c1ccccc1)[C@@H](C)O. The molecule has 0 fully saturated rings. The molecule has 0 spiro atoms. The first-order valence-electron chi connectivity index (χ1n) is 4.54. The summed E-state index contributed by atoms with van der Waals surface area (Å²) in [7, 11) is 0.